The number of carbonyl (C=O) groups excluding carboxylic acids is 6. The second-order valence-electron chi connectivity index (χ2n) is 43.9. The standard InChI is InChI=1S/C26H29N3O6S.3C25H27N3O6S/c1-13-18(24(26(32)33)28-23(13)21(14(2)30)25(28)31)11-27-19-7-5-6-17-16-8-9-29(3,4)12-15(16)10-20(22(17)19)36(27,34)35;1-12-16(23(25(31)32)27-22(12)20(13(2)29)24(27)30)9-26-18-8-14-10-28(3,4)11-17(14)15-6-5-7-19(21(15)18)35(26,33)34;1-12-16(23(25(31)32)27-21(12)19(13(2)29)24(27)30)9-26-22-17-11-28(3,4)10-15(17)8-14-6-5-7-18(20(14)22)35(26,33)34;1-12-16(22(25(31)32)27-21(12)19(13(2)29)24(27)30)9-26-18-7-5-6-14-8-15-10-28(3,4)11-17(15)23(20(14)18)35(26,33)34/h5-7,10,13-14,21,23,30H,8-9,11-12H2,1-4H3;5-8,12-13,20,22,29H,9-11H2,1-4H3;2*5-8,12-13,19,21,29H,9-11H2,1-4H3/p+2/t13-,14+,21+,23+;12-,13+,20+,22+;2*12-,13+,19+,21+/m0000/s1. The normalized spacial score (nSPS) is 28.3. The first-order valence-corrected chi connectivity index (χ1v) is 53.2. The molecule has 0 unspecified atom stereocenters. The highest BCUT2D eigenvalue weighted by atomic mass is 32.2. The van der Waals surface area contributed by atoms with Crippen molar-refractivity contribution < 1.29 is 131 Å². The van der Waals surface area contributed by atoms with Crippen LogP contribution in [0.3, 0.4) is 0 Å². The Hall–Kier alpha value is -11.8. The molecule has 4 saturated heterocycles. The van der Waals surface area contributed by atoms with Gasteiger partial charge in [-0.1, -0.05) is 76.2 Å². The summed E-state index contributed by atoms with van der Waals surface area (Å²) in [5.74, 6) is -11.9. The molecule has 4 amide bonds. The maximum absolute atomic E-state index is 14.0. The summed E-state index contributed by atoms with van der Waals surface area (Å²) in [6.45, 7) is 18.6. The topological polar surface area (TPSA) is 467 Å². The number of hydrogen-bond acceptors (Lipinski definition) is 22. The average molecular weight is 2010 g/mol. The van der Waals surface area contributed by atoms with Crippen molar-refractivity contribution in [2.24, 2.45) is 47.3 Å². The van der Waals surface area contributed by atoms with Gasteiger partial charge in [-0.2, -0.15) is 0 Å². The van der Waals surface area contributed by atoms with Gasteiger partial charge in [0.05, 0.1) is 222 Å². The minimum Gasteiger partial charge on any atom is -0.543 e. The van der Waals surface area contributed by atoms with Gasteiger partial charge in [0.25, 0.3) is 40.1 Å². The second kappa shape index (κ2) is 31.4. The zero-order valence-electron chi connectivity index (χ0n) is 80.7. The number of aliphatic carboxylic acids is 4. The molecule has 742 valence electrons. The molecule has 0 radical (unpaired) electrons. The van der Waals surface area contributed by atoms with E-state index in [9.17, 15) is 113 Å². The highest BCUT2D eigenvalue weighted by molar-refractivity contribution is 7.94. The van der Waals surface area contributed by atoms with Crippen LogP contribution in [0, 0.1) is 47.3 Å². The van der Waals surface area contributed by atoms with E-state index in [1.807, 2.05) is 49.4 Å². The van der Waals surface area contributed by atoms with Crippen LogP contribution in [0.1, 0.15) is 99.9 Å². The molecule has 141 heavy (non-hydrogen) atoms. The smallest absolute Gasteiger partial charge is 0.352 e. The number of quaternary nitrogens is 4. The number of β-lactam (4-membered cyclic amide) rings is 4. The zero-order valence-corrected chi connectivity index (χ0v) is 84.0. The molecule has 24 rings (SSSR count). The molecule has 16 heterocycles. The molecule has 36 nitrogen and oxygen atoms in total. The predicted molar refractivity (Wildman–Crippen MR) is 510 cm³/mol. The summed E-state index contributed by atoms with van der Waals surface area (Å²) in [5, 5.41) is 91.0. The van der Waals surface area contributed by atoms with Crippen molar-refractivity contribution >= 4 is 153 Å². The number of likely N-dealkylation sites (N-methyl/N-ethyl adjacent to an activating group) is 1. The number of aliphatic hydroxyl groups excluding tert-OH is 4. The van der Waals surface area contributed by atoms with E-state index in [2.05, 4.69) is 68.5 Å². The van der Waals surface area contributed by atoms with Crippen molar-refractivity contribution in [3.05, 3.63) is 187 Å². The summed E-state index contributed by atoms with van der Waals surface area (Å²) in [7, 11) is 1.09. The van der Waals surface area contributed by atoms with Crippen molar-refractivity contribution in [2.45, 2.75) is 176 Å². The summed E-state index contributed by atoms with van der Waals surface area (Å²) >= 11 is 0. The highest BCUT2D eigenvalue weighted by Gasteiger charge is 2.65. The second-order valence-corrected chi connectivity index (χ2v) is 51.2. The Labute approximate surface area is 814 Å². The van der Waals surface area contributed by atoms with Crippen LogP contribution < -0.4 is 27.4 Å². The Kier molecular flexibility index (Phi) is 21.2. The summed E-state index contributed by atoms with van der Waals surface area (Å²) in [6, 6.07) is 27.4. The van der Waals surface area contributed by atoms with Crippen LogP contribution in [0.25, 0.3) is 43.1 Å². The summed E-state index contributed by atoms with van der Waals surface area (Å²) in [6.07, 6.45) is -2.87. The minimum atomic E-state index is -3.97. The van der Waals surface area contributed by atoms with Crippen LogP contribution >= 0.6 is 0 Å². The Balaban J connectivity index is 0.000000111. The van der Waals surface area contributed by atoms with Crippen LogP contribution in [0.15, 0.2) is 162 Å². The fraction of sp³-hybridized carbons (Fsp3) is 0.446. The quantitative estimate of drug-likeness (QED) is 0.0590. The van der Waals surface area contributed by atoms with Gasteiger partial charge in [0, 0.05) is 90.6 Å². The average Bonchev–Trinajstić information content (AvgIpc) is 1.53. The fourth-order valence-electron chi connectivity index (χ4n) is 26.7. The lowest BCUT2D eigenvalue weighted by atomic mass is 9.77. The van der Waals surface area contributed by atoms with Crippen LogP contribution in [-0.4, -0.2) is 287 Å². The minimum absolute atomic E-state index is 0.147. The molecule has 16 aliphatic rings. The number of fused-ring (bicyclic) bond motifs is 12. The van der Waals surface area contributed by atoms with E-state index < -0.39 is 184 Å². The number of rotatable bonds is 16. The number of amides is 4. The molecular weight excluding hydrogens is 1890 g/mol. The Morgan fingerprint density at radius 1 is 0.369 bits per heavy atom. The Morgan fingerprint density at radius 3 is 1.15 bits per heavy atom. The summed E-state index contributed by atoms with van der Waals surface area (Å²) in [4.78, 5) is 106. The number of sulfonamides is 4. The Morgan fingerprint density at radius 2 is 0.695 bits per heavy atom. The van der Waals surface area contributed by atoms with Crippen molar-refractivity contribution in [1.82, 2.24) is 19.6 Å². The predicted octanol–water partition coefficient (Wildman–Crippen LogP) is 3.91. The van der Waals surface area contributed by atoms with Crippen LogP contribution in [-0.2, 0) is 131 Å². The molecule has 16 atom stereocenters. The molecule has 16 aliphatic heterocycles. The number of carbonyl (C=O) groups is 8. The van der Waals surface area contributed by atoms with E-state index in [1.165, 1.54) is 70.1 Å². The van der Waals surface area contributed by atoms with Gasteiger partial charge >= 0.3 is 11.9 Å². The summed E-state index contributed by atoms with van der Waals surface area (Å²) < 4.78 is 119. The molecular formula is C101H112N12O24S4+2. The molecule has 0 aliphatic carbocycles. The van der Waals surface area contributed by atoms with Gasteiger partial charge < -0.3 is 88.0 Å². The van der Waals surface area contributed by atoms with E-state index in [0.717, 1.165) is 115 Å². The number of benzene rings is 8. The van der Waals surface area contributed by atoms with Gasteiger partial charge in [-0.15, -0.1) is 0 Å². The molecule has 0 aromatic heterocycles. The maximum Gasteiger partial charge on any atom is 0.352 e. The molecule has 0 saturated carbocycles. The van der Waals surface area contributed by atoms with E-state index in [1.54, 1.807) is 63.2 Å². The van der Waals surface area contributed by atoms with Gasteiger partial charge in [-0.3, -0.25) is 36.4 Å². The first-order valence-electron chi connectivity index (χ1n) is 47.4. The van der Waals surface area contributed by atoms with E-state index >= 15 is 0 Å². The van der Waals surface area contributed by atoms with Gasteiger partial charge in [-0.05, 0) is 126 Å². The zero-order chi connectivity index (χ0) is 101. The van der Waals surface area contributed by atoms with Crippen molar-refractivity contribution in [3.8, 4) is 0 Å². The van der Waals surface area contributed by atoms with Crippen molar-refractivity contribution in [2.75, 3.05) is 106 Å². The number of nitrogens with zero attached hydrogens (tertiary/aromatic N) is 12. The van der Waals surface area contributed by atoms with Gasteiger partial charge in [0.2, 0.25) is 23.6 Å². The Bertz CT molecular complexity index is 7770. The lowest BCUT2D eigenvalue weighted by Gasteiger charge is -2.47. The van der Waals surface area contributed by atoms with Crippen molar-refractivity contribution in [3.63, 3.8) is 0 Å². The van der Waals surface area contributed by atoms with Crippen LogP contribution in [0.4, 0.5) is 22.7 Å². The van der Waals surface area contributed by atoms with Gasteiger partial charge in [-0.25, -0.2) is 43.3 Å². The first kappa shape index (κ1) is 95.4. The molecule has 6 N–H and O–H groups in total. The monoisotopic (exact) mass is 2000 g/mol. The molecule has 40 heteroatoms. The number of aliphatic hydroxyl groups is 4. The SMILES string of the molecule is C[C@@H](O)[C@H]1C(=O)N2C(C(=O)O)=C(CN3c4c5c(cc6cccc(c46)S3(=O)=O)C[N+](C)(C)C5)[C@H](C)[C@H]12.C[C@@H](O)[C@H]1C(=O)N2C(C(=O)O)=C(CN3c4cc5c(c6cccc(c46)S3(=O)=O)C[N+](C)(C)C5)[C@H](C)[C@H]12.C[C@@H](O)[C@H]1C(=O)N2C(C(=O)[O-])=C(CN3c4cccc5c6c(cc(c45)S3(=O)=O)C[N+](C)(C)CC6)[C@H](C)[C@H]12.C[C@@H](O)[C@H]1C(=O)N2C(C(=O)[O-])=C(CN3c4cccc5cc6c(c(c45)S3(=O)=O)C[N+](C)(C)C6)[C@H](C)[C@H]12. The third-order valence-corrected chi connectivity index (χ3v) is 40.2. The molecule has 8 aromatic rings. The van der Waals surface area contributed by atoms with E-state index in [0.29, 0.717) is 93.5 Å². The first-order chi connectivity index (χ1) is 65.9. The van der Waals surface area contributed by atoms with Gasteiger partial charge in [0.1, 0.15) is 62.1 Å². The number of hydrogen-bond donors (Lipinski definition) is 6. The molecule has 8 aromatic carbocycles. The third-order valence-electron chi connectivity index (χ3n) is 32.9. The van der Waals surface area contributed by atoms with E-state index in [4.69, 9.17) is 0 Å². The lowest BCUT2D eigenvalue weighted by Crippen LogP contribution is -2.64. The van der Waals surface area contributed by atoms with Crippen molar-refractivity contribution in [1.29, 1.82) is 0 Å². The van der Waals surface area contributed by atoms with Crippen LogP contribution in [0.5, 0.6) is 0 Å². The maximum atomic E-state index is 14.0. The highest BCUT2D eigenvalue weighted by Crippen LogP contribution is 2.59. The number of carboxylic acid groups (broad SMARTS) is 4. The van der Waals surface area contributed by atoms with Crippen LogP contribution in [0.2, 0.25) is 0 Å². The molecule has 4 fully saturated rings. The number of carboxylic acids is 4. The molecule has 0 bridgehead atoms. The molecule has 0 spiro atoms. The third kappa shape index (κ3) is 13.5. The largest absolute Gasteiger partial charge is 0.543 e. The number of anilines is 4. The summed E-state index contributed by atoms with van der Waals surface area (Å²) in [5.41, 5.74) is 11.2. The van der Waals surface area contributed by atoms with Gasteiger partial charge in [0.15, 0.2) is 0 Å². The van der Waals surface area contributed by atoms with E-state index in [-0.39, 0.29) is 63.7 Å². The lowest BCUT2D eigenvalue weighted by molar-refractivity contribution is -0.910. The fourth-order valence-corrected chi connectivity index (χ4v) is 33.8.